The first-order valence-electron chi connectivity index (χ1n) is 6.67. The smallest absolute Gasteiger partial charge is 0.250 e. The minimum Gasteiger partial charge on any atom is -0.382 e. The molecule has 0 aromatic rings. The van der Waals surface area contributed by atoms with E-state index >= 15 is 0 Å². The van der Waals surface area contributed by atoms with Crippen LogP contribution in [0.5, 0.6) is 0 Å². The van der Waals surface area contributed by atoms with Crippen LogP contribution >= 0.6 is 0 Å². The van der Waals surface area contributed by atoms with Crippen molar-refractivity contribution >= 4 is 5.91 Å². The number of nitrogens with one attached hydrogen (secondary N) is 1. The number of carbonyl (C=O) groups is 1. The molecule has 0 aromatic heterocycles. The molecule has 1 atom stereocenters. The SMILES string of the molecule is C=C.C=C(C)C(=O)NC[N+](C)(C)CC(O)C[N+](C)(C)C.[CH3-].[CH3-]. The third kappa shape index (κ3) is 16.9. The molecule has 0 aliphatic rings. The van der Waals surface area contributed by atoms with Crippen molar-refractivity contribution in [2.45, 2.75) is 13.0 Å². The summed E-state index contributed by atoms with van der Waals surface area (Å²) in [5.74, 6) is -0.137. The van der Waals surface area contributed by atoms with Crippen molar-refractivity contribution in [3.63, 3.8) is 0 Å². The molecule has 0 spiro atoms. The van der Waals surface area contributed by atoms with Crippen molar-refractivity contribution in [3.05, 3.63) is 40.2 Å². The van der Waals surface area contributed by atoms with Gasteiger partial charge in [-0.25, -0.2) is 0 Å². The lowest BCUT2D eigenvalue weighted by atomic mass is 10.2. The molecular formula is C17H39N3O2. The van der Waals surface area contributed by atoms with Crippen LogP contribution in [-0.2, 0) is 4.79 Å². The van der Waals surface area contributed by atoms with Gasteiger partial charge in [0, 0.05) is 5.57 Å². The molecule has 1 amide bonds. The Morgan fingerprint density at radius 3 is 1.82 bits per heavy atom. The first-order valence-corrected chi connectivity index (χ1v) is 6.67. The molecule has 134 valence electrons. The molecule has 0 heterocycles. The van der Waals surface area contributed by atoms with Crippen molar-refractivity contribution in [3.8, 4) is 0 Å². The Bertz CT molecular complexity index is 320. The van der Waals surface area contributed by atoms with Crippen LogP contribution in [0.4, 0.5) is 0 Å². The molecule has 0 fully saturated rings. The zero-order valence-corrected chi connectivity index (χ0v) is 16.1. The highest BCUT2D eigenvalue weighted by Crippen LogP contribution is 2.02. The maximum Gasteiger partial charge on any atom is 0.250 e. The number of amides is 1. The first kappa shape index (κ1) is 28.9. The average Bonchev–Trinajstić information content (AvgIpc) is 2.25. The molecule has 22 heavy (non-hydrogen) atoms. The highest BCUT2D eigenvalue weighted by molar-refractivity contribution is 5.91. The minimum atomic E-state index is -0.387. The van der Waals surface area contributed by atoms with Crippen LogP contribution in [0.25, 0.3) is 0 Å². The Labute approximate surface area is 139 Å². The number of rotatable bonds is 7. The lowest BCUT2D eigenvalue weighted by Gasteiger charge is -2.34. The van der Waals surface area contributed by atoms with E-state index in [1.807, 2.05) is 35.2 Å². The fourth-order valence-electron chi connectivity index (χ4n) is 1.76. The van der Waals surface area contributed by atoms with Gasteiger partial charge in [-0.2, -0.15) is 0 Å². The summed E-state index contributed by atoms with van der Waals surface area (Å²) in [5, 5.41) is 12.8. The van der Waals surface area contributed by atoms with E-state index in [9.17, 15) is 9.90 Å². The molecule has 5 nitrogen and oxygen atoms in total. The summed E-state index contributed by atoms with van der Waals surface area (Å²) in [7, 11) is 10.1. The van der Waals surface area contributed by atoms with Crippen LogP contribution in [0.3, 0.4) is 0 Å². The van der Waals surface area contributed by atoms with Gasteiger partial charge in [-0.15, -0.1) is 13.2 Å². The fraction of sp³-hybridized carbons (Fsp3) is 0.588. The van der Waals surface area contributed by atoms with Crippen LogP contribution in [0.1, 0.15) is 6.92 Å². The number of aliphatic hydroxyl groups excluding tert-OH is 1. The number of hydrogen-bond acceptors (Lipinski definition) is 2. The van der Waals surface area contributed by atoms with E-state index in [2.05, 4.69) is 25.1 Å². The van der Waals surface area contributed by atoms with E-state index in [0.29, 0.717) is 29.8 Å². The summed E-state index contributed by atoms with van der Waals surface area (Å²) in [5.41, 5.74) is 0.502. The second-order valence-electron chi connectivity index (χ2n) is 6.69. The summed E-state index contributed by atoms with van der Waals surface area (Å²) in [6, 6.07) is 0. The topological polar surface area (TPSA) is 49.3 Å². The normalized spacial score (nSPS) is 11.8. The van der Waals surface area contributed by atoms with Crippen LogP contribution in [-0.4, -0.2) is 81.1 Å². The third-order valence-electron chi connectivity index (χ3n) is 2.52. The van der Waals surface area contributed by atoms with Gasteiger partial charge >= 0.3 is 0 Å². The van der Waals surface area contributed by atoms with Crippen LogP contribution < -0.4 is 5.32 Å². The van der Waals surface area contributed by atoms with Gasteiger partial charge in [0.2, 0.25) is 0 Å². The molecule has 0 saturated carbocycles. The zero-order valence-electron chi connectivity index (χ0n) is 16.1. The standard InChI is InChI=1S/C13H28N3O2.C2H4.2CH3/c1-11(2)13(18)14-10-16(6,7)9-12(17)8-15(3,4)5;1-2;;/h12,17H,1,8-10H2,2-7H3;1-2H2;2*1H3/q+1;;2*-1/p+1. The molecule has 0 aliphatic carbocycles. The number of aliphatic hydroxyl groups is 1. The van der Waals surface area contributed by atoms with Crippen molar-refractivity contribution < 1.29 is 18.9 Å². The molecule has 2 N–H and O–H groups in total. The first-order chi connectivity index (χ1) is 8.93. The van der Waals surface area contributed by atoms with Gasteiger partial charge in [0.25, 0.3) is 5.91 Å². The Morgan fingerprint density at radius 2 is 1.50 bits per heavy atom. The number of carbonyl (C=O) groups excluding carboxylic acids is 1. The van der Waals surface area contributed by atoms with E-state index in [-0.39, 0.29) is 26.9 Å². The fourth-order valence-corrected chi connectivity index (χ4v) is 1.76. The molecule has 0 bridgehead atoms. The van der Waals surface area contributed by atoms with Gasteiger partial charge in [-0.05, 0) is 6.92 Å². The summed E-state index contributed by atoms with van der Waals surface area (Å²) >= 11 is 0. The number of quaternary nitrogens is 2. The number of nitrogens with zero attached hydrogens (tertiary/aromatic N) is 2. The van der Waals surface area contributed by atoms with E-state index in [4.69, 9.17) is 0 Å². The van der Waals surface area contributed by atoms with Crippen LogP contribution in [0.15, 0.2) is 25.3 Å². The predicted molar refractivity (Wildman–Crippen MR) is 97.8 cm³/mol. The summed E-state index contributed by atoms with van der Waals surface area (Å²) in [6.45, 7) is 13.1. The maximum absolute atomic E-state index is 11.4. The van der Waals surface area contributed by atoms with E-state index < -0.39 is 0 Å². The molecule has 0 radical (unpaired) electrons. The van der Waals surface area contributed by atoms with Gasteiger partial charge in [0.05, 0.1) is 35.2 Å². The maximum atomic E-state index is 11.4. The van der Waals surface area contributed by atoms with Gasteiger partial charge in [0.15, 0.2) is 12.8 Å². The molecule has 0 rings (SSSR count). The molecule has 5 heteroatoms. The summed E-state index contributed by atoms with van der Waals surface area (Å²) in [6.07, 6.45) is -0.387. The Morgan fingerprint density at radius 1 is 1.09 bits per heavy atom. The largest absolute Gasteiger partial charge is 0.382 e. The summed E-state index contributed by atoms with van der Waals surface area (Å²) in [4.78, 5) is 11.4. The quantitative estimate of drug-likeness (QED) is 0.246. The van der Waals surface area contributed by atoms with Crippen molar-refractivity contribution in [2.75, 3.05) is 55.0 Å². The minimum absolute atomic E-state index is 0. The zero-order chi connectivity index (χ0) is 16.6. The monoisotopic (exact) mass is 317 g/mol. The van der Waals surface area contributed by atoms with Gasteiger partial charge < -0.3 is 34.2 Å². The number of likely N-dealkylation sites (N-methyl/N-ethyl adjacent to an activating group) is 2. The lowest BCUT2D eigenvalue weighted by molar-refractivity contribution is -0.908. The highest BCUT2D eigenvalue weighted by Gasteiger charge is 2.25. The van der Waals surface area contributed by atoms with E-state index in [0.717, 1.165) is 4.48 Å². The van der Waals surface area contributed by atoms with Crippen LogP contribution in [0, 0.1) is 14.9 Å². The molecular weight excluding hydrogens is 278 g/mol. The molecule has 1 unspecified atom stereocenters. The molecule has 0 aromatic carbocycles. The Balaban J connectivity index is -0.000000387. The van der Waals surface area contributed by atoms with Crippen molar-refractivity contribution in [2.24, 2.45) is 0 Å². The lowest BCUT2D eigenvalue weighted by Crippen LogP contribution is -2.55. The molecule has 0 saturated heterocycles. The van der Waals surface area contributed by atoms with E-state index in [1.54, 1.807) is 6.92 Å². The third-order valence-corrected chi connectivity index (χ3v) is 2.52. The number of hydrogen-bond donors (Lipinski definition) is 2. The second kappa shape index (κ2) is 12.4. The van der Waals surface area contributed by atoms with Crippen molar-refractivity contribution in [1.29, 1.82) is 0 Å². The van der Waals surface area contributed by atoms with Crippen molar-refractivity contribution in [1.82, 2.24) is 5.32 Å². The van der Waals surface area contributed by atoms with E-state index in [1.165, 1.54) is 0 Å². The average molecular weight is 318 g/mol. The second-order valence-corrected chi connectivity index (χ2v) is 6.69. The van der Waals surface area contributed by atoms with Gasteiger partial charge in [-0.3, -0.25) is 4.79 Å². The predicted octanol–water partition coefficient (Wildman–Crippen LogP) is 1.48. The summed E-state index contributed by atoms with van der Waals surface area (Å²) < 4.78 is 1.26. The Hall–Kier alpha value is -1.17. The Kier molecular flexibility index (Phi) is 16.3. The molecule has 0 aliphatic heterocycles. The van der Waals surface area contributed by atoms with Crippen LogP contribution in [0.2, 0.25) is 0 Å². The van der Waals surface area contributed by atoms with Gasteiger partial charge in [-0.1, -0.05) is 6.58 Å². The highest BCUT2D eigenvalue weighted by atomic mass is 16.3. The van der Waals surface area contributed by atoms with Gasteiger partial charge in [0.1, 0.15) is 13.1 Å².